The molecule has 5 rings (SSSR count). The van der Waals surface area contributed by atoms with E-state index in [0.29, 0.717) is 47.1 Å². The van der Waals surface area contributed by atoms with Crippen LogP contribution in [0, 0.1) is 5.82 Å². The number of likely N-dealkylation sites (N-methyl/N-ethyl adjacent to an activating group) is 1. The fourth-order valence-corrected chi connectivity index (χ4v) is 3.74. The average molecular weight is 704 g/mol. The molecule has 1 aliphatic rings. The molecular weight excluding hydrogens is 679 g/mol. The summed E-state index contributed by atoms with van der Waals surface area (Å²) in [6.45, 7) is 0.999. The SMILES string of the molecule is CN(C)CCOc1cc(-c2ncnc3[nH]ccc23)c(F)cc1NC(=O)C1COc2ccccc2O1.O=C([O-])C(F)(F)F.O=C([O-])C(F)(F)F. The molecule has 264 valence electrons. The number of anilines is 1. The Morgan fingerprint density at radius 2 is 1.61 bits per heavy atom. The van der Waals surface area contributed by atoms with Gasteiger partial charge in [0, 0.05) is 29.8 Å². The molecular formula is C29H24F7N5O8-2. The number of aliphatic carboxylic acids is 2. The fraction of sp³-hybridized carbons (Fsp3) is 0.276. The van der Waals surface area contributed by atoms with E-state index in [1.807, 2.05) is 25.1 Å². The maximum absolute atomic E-state index is 15.3. The number of rotatable bonds is 7. The number of carboxylic acids is 2. The Labute approximate surface area is 271 Å². The van der Waals surface area contributed by atoms with Gasteiger partial charge >= 0.3 is 12.4 Å². The minimum atomic E-state index is -5.19. The van der Waals surface area contributed by atoms with Crippen molar-refractivity contribution in [3.63, 3.8) is 0 Å². The summed E-state index contributed by atoms with van der Waals surface area (Å²) in [6.07, 6.45) is -8.20. The second-order valence-corrected chi connectivity index (χ2v) is 9.87. The number of halogens is 7. The summed E-state index contributed by atoms with van der Waals surface area (Å²) in [5, 5.41) is 21.0. The maximum atomic E-state index is 15.3. The third-order valence-electron chi connectivity index (χ3n) is 6.00. The summed E-state index contributed by atoms with van der Waals surface area (Å²) in [7, 11) is 3.84. The third-order valence-corrected chi connectivity index (χ3v) is 6.00. The number of nitrogens with one attached hydrogen (secondary N) is 2. The number of fused-ring (bicyclic) bond motifs is 2. The van der Waals surface area contributed by atoms with Crippen LogP contribution in [-0.4, -0.2) is 90.0 Å². The lowest BCUT2D eigenvalue weighted by Gasteiger charge is -2.26. The topological polar surface area (TPSA) is 182 Å². The number of carbonyl (C=O) groups excluding carboxylic acids is 3. The lowest BCUT2D eigenvalue weighted by molar-refractivity contribution is -0.344. The van der Waals surface area contributed by atoms with Crippen molar-refractivity contribution in [1.29, 1.82) is 0 Å². The number of aromatic nitrogens is 3. The highest BCUT2D eigenvalue weighted by molar-refractivity contribution is 5.97. The smallest absolute Gasteiger partial charge is 0.430 e. The van der Waals surface area contributed by atoms with Crippen LogP contribution in [0.3, 0.4) is 0 Å². The van der Waals surface area contributed by atoms with E-state index >= 15 is 4.39 Å². The second-order valence-electron chi connectivity index (χ2n) is 9.87. The number of ether oxygens (including phenoxy) is 3. The zero-order chi connectivity index (χ0) is 36.5. The predicted octanol–water partition coefficient (Wildman–Crippen LogP) is 2.08. The van der Waals surface area contributed by atoms with E-state index in [4.69, 9.17) is 34.0 Å². The quantitative estimate of drug-likeness (QED) is 0.269. The van der Waals surface area contributed by atoms with E-state index in [1.165, 1.54) is 12.4 Å². The molecule has 0 bridgehead atoms. The van der Waals surface area contributed by atoms with Gasteiger partial charge in [-0.25, -0.2) is 14.4 Å². The Morgan fingerprint density at radius 3 is 2.20 bits per heavy atom. The highest BCUT2D eigenvalue weighted by Gasteiger charge is 2.30. The van der Waals surface area contributed by atoms with E-state index in [1.54, 1.807) is 36.5 Å². The Balaban J connectivity index is 0.000000392. The monoisotopic (exact) mass is 703 g/mol. The number of aromatic amines is 1. The molecule has 1 unspecified atom stereocenters. The van der Waals surface area contributed by atoms with Crippen LogP contribution in [0.2, 0.25) is 0 Å². The predicted molar refractivity (Wildman–Crippen MR) is 150 cm³/mol. The Hall–Kier alpha value is -5.66. The zero-order valence-electron chi connectivity index (χ0n) is 25.1. The van der Waals surface area contributed by atoms with Crippen molar-refractivity contribution in [3.8, 4) is 28.5 Å². The number of benzene rings is 2. The van der Waals surface area contributed by atoms with Crippen molar-refractivity contribution in [1.82, 2.24) is 19.9 Å². The first-order chi connectivity index (χ1) is 22.9. The van der Waals surface area contributed by atoms with Crippen molar-refractivity contribution in [3.05, 3.63) is 60.8 Å². The van der Waals surface area contributed by atoms with Gasteiger partial charge in [0.1, 0.15) is 48.7 Å². The summed E-state index contributed by atoms with van der Waals surface area (Å²) < 4.78 is 95.8. The van der Waals surface area contributed by atoms with E-state index in [-0.39, 0.29) is 17.9 Å². The van der Waals surface area contributed by atoms with E-state index < -0.39 is 42.1 Å². The number of hydrogen-bond donors (Lipinski definition) is 2. The molecule has 49 heavy (non-hydrogen) atoms. The summed E-state index contributed by atoms with van der Waals surface area (Å²) >= 11 is 0. The van der Waals surface area contributed by atoms with Crippen LogP contribution < -0.4 is 29.7 Å². The van der Waals surface area contributed by atoms with Crippen LogP contribution in [-0.2, 0) is 14.4 Å². The number of H-pyrrole nitrogens is 1. The van der Waals surface area contributed by atoms with Crippen LogP contribution in [0.15, 0.2) is 55.0 Å². The Bertz CT molecular complexity index is 1760. The van der Waals surface area contributed by atoms with Gasteiger partial charge in [0.15, 0.2) is 11.5 Å². The number of nitrogens with zero attached hydrogens (tertiary/aromatic N) is 3. The van der Waals surface area contributed by atoms with Crippen molar-refractivity contribution in [2.75, 3.05) is 39.2 Å². The number of amides is 1. The van der Waals surface area contributed by atoms with Gasteiger partial charge in [0.2, 0.25) is 6.10 Å². The minimum absolute atomic E-state index is 0.0344. The molecule has 2 N–H and O–H groups in total. The van der Waals surface area contributed by atoms with E-state index in [2.05, 4.69) is 20.3 Å². The normalized spacial score (nSPS) is 13.8. The maximum Gasteiger partial charge on any atom is 0.430 e. The Kier molecular flexibility index (Phi) is 12.3. The number of carbonyl (C=O) groups is 3. The van der Waals surface area contributed by atoms with Crippen molar-refractivity contribution in [2.24, 2.45) is 0 Å². The molecule has 3 heterocycles. The van der Waals surface area contributed by atoms with Gasteiger partial charge in [-0.15, -0.1) is 0 Å². The van der Waals surface area contributed by atoms with Crippen molar-refractivity contribution in [2.45, 2.75) is 18.5 Å². The molecule has 0 saturated carbocycles. The third kappa shape index (κ3) is 10.7. The van der Waals surface area contributed by atoms with Gasteiger partial charge in [-0.3, -0.25) is 4.79 Å². The van der Waals surface area contributed by atoms with Gasteiger partial charge in [-0.2, -0.15) is 26.3 Å². The highest BCUT2D eigenvalue weighted by Crippen LogP contribution is 2.36. The first-order valence-electron chi connectivity index (χ1n) is 13.5. The van der Waals surface area contributed by atoms with Gasteiger partial charge in [0.25, 0.3) is 5.91 Å². The number of alkyl halides is 6. The van der Waals surface area contributed by atoms with Crippen LogP contribution in [0.25, 0.3) is 22.3 Å². The van der Waals surface area contributed by atoms with Gasteiger partial charge in [-0.05, 0) is 38.4 Å². The molecule has 1 amide bonds. The number of carboxylic acid groups (broad SMARTS) is 2. The molecule has 0 radical (unpaired) electrons. The molecule has 4 aromatic rings. The van der Waals surface area contributed by atoms with Crippen molar-refractivity contribution < 1.29 is 69.5 Å². The summed E-state index contributed by atoms with van der Waals surface area (Å²) in [4.78, 5) is 44.0. The number of para-hydroxylation sites is 2. The molecule has 1 atom stereocenters. The zero-order valence-corrected chi connectivity index (χ0v) is 25.1. The molecule has 20 heteroatoms. The lowest BCUT2D eigenvalue weighted by atomic mass is 10.1. The molecule has 13 nitrogen and oxygen atoms in total. The minimum Gasteiger partial charge on any atom is -0.542 e. The lowest BCUT2D eigenvalue weighted by Crippen LogP contribution is -2.40. The highest BCUT2D eigenvalue weighted by atomic mass is 19.4. The van der Waals surface area contributed by atoms with Gasteiger partial charge in [-0.1, -0.05) is 12.1 Å². The molecule has 0 spiro atoms. The van der Waals surface area contributed by atoms with Crippen LogP contribution in [0.4, 0.5) is 36.4 Å². The molecule has 1 aliphatic heterocycles. The second kappa shape index (κ2) is 16.0. The molecule has 2 aromatic carbocycles. The van der Waals surface area contributed by atoms with E-state index in [9.17, 15) is 31.1 Å². The average Bonchev–Trinajstić information content (AvgIpc) is 3.51. The first-order valence-corrected chi connectivity index (χ1v) is 13.5. The van der Waals surface area contributed by atoms with Crippen LogP contribution in [0.1, 0.15) is 0 Å². The molecule has 0 fully saturated rings. The van der Waals surface area contributed by atoms with Crippen LogP contribution in [0.5, 0.6) is 17.2 Å². The summed E-state index contributed by atoms with van der Waals surface area (Å²) in [5.41, 5.74) is 1.44. The van der Waals surface area contributed by atoms with Gasteiger partial charge in [0.05, 0.1) is 11.4 Å². The van der Waals surface area contributed by atoms with Crippen molar-refractivity contribution >= 4 is 34.6 Å². The molecule has 2 aromatic heterocycles. The van der Waals surface area contributed by atoms with Crippen LogP contribution >= 0.6 is 0 Å². The van der Waals surface area contributed by atoms with E-state index in [0.717, 1.165) is 0 Å². The standard InChI is InChI=1S/C25H24FN5O4.2C2HF3O2/c1-31(2)9-10-33-21-11-16(23-15-7-8-27-24(15)29-14-28-23)17(26)12-18(21)30-25(32)22-13-34-19-5-3-4-6-20(19)35-22;2*3-2(4,5)1(6)7/h3-8,11-12,14,22H,9-10,13H2,1-2H3,(H,30,32)(H,27,28,29);2*(H,6,7)/p-2. The largest absolute Gasteiger partial charge is 0.542 e. The Morgan fingerprint density at radius 1 is 1.00 bits per heavy atom. The number of hydrogen-bond acceptors (Lipinski definition) is 11. The molecule has 0 saturated heterocycles. The van der Waals surface area contributed by atoms with Gasteiger partial charge < -0.3 is 49.2 Å². The molecule has 0 aliphatic carbocycles. The fourth-order valence-electron chi connectivity index (χ4n) is 3.74. The first kappa shape index (κ1) is 37.8. The summed E-state index contributed by atoms with van der Waals surface area (Å²) in [5.74, 6) is -5.69. The summed E-state index contributed by atoms with van der Waals surface area (Å²) in [6, 6.07) is 11.7.